The van der Waals surface area contributed by atoms with E-state index in [2.05, 4.69) is 35.9 Å². The second kappa shape index (κ2) is 5.49. The first-order chi connectivity index (χ1) is 8.61. The summed E-state index contributed by atoms with van der Waals surface area (Å²) in [5, 5.41) is 7.90. The fourth-order valence-electron chi connectivity index (χ4n) is 1.22. The lowest BCUT2D eigenvalue weighted by atomic mass is 10.3. The highest BCUT2D eigenvalue weighted by Crippen LogP contribution is 2.23. The normalized spacial score (nSPS) is 11.8. The molecule has 5 nitrogen and oxygen atoms in total. The van der Waals surface area contributed by atoms with E-state index in [1.807, 2.05) is 6.26 Å². The Hall–Kier alpha value is -1.41. The molecule has 2 N–H and O–H groups in total. The number of hydrogen-bond donors (Lipinski definition) is 1. The summed E-state index contributed by atoms with van der Waals surface area (Å²) in [5.74, 6) is -0.195. The van der Waals surface area contributed by atoms with Crippen LogP contribution in [-0.4, -0.2) is 22.4 Å². The van der Waals surface area contributed by atoms with Crippen molar-refractivity contribution in [3.8, 4) is 0 Å². The number of halogens is 2. The van der Waals surface area contributed by atoms with Crippen LogP contribution in [0.15, 0.2) is 37.3 Å². The number of aliphatic imine (C=N–C) groups is 1. The molecule has 0 radical (unpaired) electrons. The SMILES string of the molecule is CSc1nonc1C(N)=Nc1ccc(F)c(Br)c1. The first-order valence-electron chi connectivity index (χ1n) is 4.78. The van der Waals surface area contributed by atoms with Crippen molar-refractivity contribution in [3.05, 3.63) is 34.2 Å². The predicted octanol–water partition coefficient (Wildman–Crippen LogP) is 2.73. The standard InChI is InChI=1S/C10H8BrFN4OS/c1-18-10-8(15-17-16-10)9(13)14-5-2-3-7(12)6(11)4-5/h2-4H,1H3,(H2,13,14). The molecule has 0 aliphatic rings. The third-order valence-electron chi connectivity index (χ3n) is 2.05. The molecule has 0 aliphatic heterocycles. The number of thioether (sulfide) groups is 1. The Labute approximate surface area is 115 Å². The summed E-state index contributed by atoms with van der Waals surface area (Å²) in [5.41, 5.74) is 6.69. The number of benzene rings is 1. The molecule has 8 heteroatoms. The number of aromatic nitrogens is 2. The minimum Gasteiger partial charge on any atom is -0.382 e. The molecule has 1 aromatic carbocycles. The average molecular weight is 331 g/mol. The van der Waals surface area contributed by atoms with Crippen molar-refractivity contribution in [2.24, 2.45) is 10.7 Å². The van der Waals surface area contributed by atoms with Gasteiger partial charge < -0.3 is 5.73 Å². The third-order valence-corrected chi connectivity index (χ3v) is 3.31. The molecule has 0 saturated heterocycles. The molecule has 2 rings (SSSR count). The van der Waals surface area contributed by atoms with E-state index < -0.39 is 0 Å². The van der Waals surface area contributed by atoms with Crippen LogP contribution in [0, 0.1) is 5.82 Å². The van der Waals surface area contributed by atoms with Crippen molar-refractivity contribution in [2.75, 3.05) is 6.26 Å². The number of hydrogen-bond acceptors (Lipinski definition) is 5. The molecule has 18 heavy (non-hydrogen) atoms. The molecular formula is C10H8BrFN4OS. The van der Waals surface area contributed by atoms with E-state index in [9.17, 15) is 4.39 Å². The van der Waals surface area contributed by atoms with Gasteiger partial charge in [-0.3, -0.25) is 0 Å². The average Bonchev–Trinajstić information content (AvgIpc) is 2.82. The first kappa shape index (κ1) is 13.0. The lowest BCUT2D eigenvalue weighted by Crippen LogP contribution is -2.14. The van der Waals surface area contributed by atoms with Crippen LogP contribution in [0.2, 0.25) is 0 Å². The zero-order valence-electron chi connectivity index (χ0n) is 9.22. The van der Waals surface area contributed by atoms with E-state index in [0.717, 1.165) is 0 Å². The van der Waals surface area contributed by atoms with Crippen LogP contribution >= 0.6 is 27.7 Å². The lowest BCUT2D eigenvalue weighted by molar-refractivity contribution is 0.298. The minimum absolute atomic E-state index is 0.166. The number of rotatable bonds is 3. The van der Waals surface area contributed by atoms with E-state index in [-0.39, 0.29) is 11.7 Å². The molecular weight excluding hydrogens is 323 g/mol. The van der Waals surface area contributed by atoms with Gasteiger partial charge in [0.25, 0.3) is 0 Å². The fraction of sp³-hybridized carbons (Fsp3) is 0.100. The zero-order valence-corrected chi connectivity index (χ0v) is 11.6. The van der Waals surface area contributed by atoms with Gasteiger partial charge in [0.1, 0.15) is 5.82 Å². The Morgan fingerprint density at radius 2 is 2.28 bits per heavy atom. The molecule has 0 unspecified atom stereocenters. The summed E-state index contributed by atoms with van der Waals surface area (Å²) in [4.78, 5) is 4.13. The van der Waals surface area contributed by atoms with Gasteiger partial charge in [0.05, 0.1) is 10.2 Å². The van der Waals surface area contributed by atoms with Crippen molar-refractivity contribution in [2.45, 2.75) is 5.03 Å². The predicted molar refractivity (Wildman–Crippen MR) is 70.6 cm³/mol. The zero-order chi connectivity index (χ0) is 13.1. The summed E-state index contributed by atoms with van der Waals surface area (Å²) in [6.07, 6.45) is 1.82. The molecule has 1 aromatic heterocycles. The summed E-state index contributed by atoms with van der Waals surface area (Å²) >= 11 is 4.43. The molecule has 0 bridgehead atoms. The topological polar surface area (TPSA) is 77.3 Å². The number of nitrogens with two attached hydrogens (primary N) is 1. The van der Waals surface area contributed by atoms with Crippen LogP contribution in [0.3, 0.4) is 0 Å². The van der Waals surface area contributed by atoms with Crippen LogP contribution in [0.5, 0.6) is 0 Å². The van der Waals surface area contributed by atoms with Gasteiger partial charge in [-0.15, -0.1) is 11.8 Å². The van der Waals surface area contributed by atoms with Crippen LogP contribution in [0.25, 0.3) is 0 Å². The molecule has 0 saturated carbocycles. The maximum atomic E-state index is 13.1. The Bertz CT molecular complexity index is 601. The highest BCUT2D eigenvalue weighted by Gasteiger charge is 2.13. The van der Waals surface area contributed by atoms with E-state index >= 15 is 0 Å². The van der Waals surface area contributed by atoms with Crippen molar-refractivity contribution >= 4 is 39.2 Å². The highest BCUT2D eigenvalue weighted by atomic mass is 79.9. The molecule has 0 atom stereocenters. The van der Waals surface area contributed by atoms with Gasteiger partial charge in [0.15, 0.2) is 16.6 Å². The van der Waals surface area contributed by atoms with E-state index in [4.69, 9.17) is 5.73 Å². The Morgan fingerprint density at radius 3 is 2.94 bits per heavy atom. The van der Waals surface area contributed by atoms with Crippen molar-refractivity contribution < 1.29 is 9.02 Å². The maximum absolute atomic E-state index is 13.1. The molecule has 2 aromatic rings. The van der Waals surface area contributed by atoms with Crippen LogP contribution < -0.4 is 5.73 Å². The van der Waals surface area contributed by atoms with Gasteiger partial charge in [-0.2, -0.15) is 0 Å². The summed E-state index contributed by atoms with van der Waals surface area (Å²) in [7, 11) is 0. The van der Waals surface area contributed by atoms with Crippen LogP contribution in [-0.2, 0) is 0 Å². The van der Waals surface area contributed by atoms with Crippen LogP contribution in [0.4, 0.5) is 10.1 Å². The molecule has 0 spiro atoms. The van der Waals surface area contributed by atoms with E-state index in [1.165, 1.54) is 30.0 Å². The van der Waals surface area contributed by atoms with Gasteiger partial charge in [0.2, 0.25) is 0 Å². The molecule has 1 heterocycles. The smallest absolute Gasteiger partial charge is 0.183 e. The summed E-state index contributed by atoms with van der Waals surface area (Å²) < 4.78 is 18.0. The van der Waals surface area contributed by atoms with Gasteiger partial charge in [-0.1, -0.05) is 0 Å². The summed E-state index contributed by atoms with van der Waals surface area (Å²) in [6, 6.07) is 4.33. The Balaban J connectivity index is 2.35. The fourth-order valence-corrected chi connectivity index (χ4v) is 2.03. The second-order valence-electron chi connectivity index (χ2n) is 3.22. The number of amidine groups is 1. The molecule has 0 aliphatic carbocycles. The largest absolute Gasteiger partial charge is 0.382 e. The van der Waals surface area contributed by atoms with Crippen molar-refractivity contribution in [3.63, 3.8) is 0 Å². The number of nitrogens with zero attached hydrogens (tertiary/aromatic N) is 3. The first-order valence-corrected chi connectivity index (χ1v) is 6.79. The van der Waals surface area contributed by atoms with Gasteiger partial charge >= 0.3 is 0 Å². The third kappa shape index (κ3) is 2.70. The van der Waals surface area contributed by atoms with E-state index in [1.54, 1.807) is 0 Å². The molecule has 0 fully saturated rings. The van der Waals surface area contributed by atoms with Gasteiger partial charge in [-0.25, -0.2) is 14.0 Å². The molecule has 0 amide bonds. The van der Waals surface area contributed by atoms with Crippen LogP contribution in [0.1, 0.15) is 5.69 Å². The second-order valence-corrected chi connectivity index (χ2v) is 4.87. The van der Waals surface area contributed by atoms with Gasteiger partial charge in [-0.05, 0) is 50.7 Å². The van der Waals surface area contributed by atoms with E-state index in [0.29, 0.717) is 20.9 Å². The molecule has 94 valence electrons. The Morgan fingerprint density at radius 1 is 1.50 bits per heavy atom. The Kier molecular flexibility index (Phi) is 3.97. The lowest BCUT2D eigenvalue weighted by Gasteiger charge is -1.99. The summed E-state index contributed by atoms with van der Waals surface area (Å²) in [6.45, 7) is 0. The quantitative estimate of drug-likeness (QED) is 0.532. The van der Waals surface area contributed by atoms with Crippen molar-refractivity contribution in [1.82, 2.24) is 10.3 Å². The van der Waals surface area contributed by atoms with Gasteiger partial charge in [0, 0.05) is 0 Å². The maximum Gasteiger partial charge on any atom is 0.183 e. The minimum atomic E-state index is -0.361. The van der Waals surface area contributed by atoms with Crippen molar-refractivity contribution in [1.29, 1.82) is 0 Å². The monoisotopic (exact) mass is 330 g/mol. The highest BCUT2D eigenvalue weighted by molar-refractivity contribution is 9.10.